The molecule has 1 saturated heterocycles. The normalized spacial score (nSPS) is 27.2. The summed E-state index contributed by atoms with van der Waals surface area (Å²) in [5, 5.41) is 4.31. The minimum atomic E-state index is 0.214. The molecule has 5 heteroatoms. The second-order valence-corrected chi connectivity index (χ2v) is 8.13. The first kappa shape index (κ1) is 14.9. The third kappa shape index (κ3) is 3.07. The van der Waals surface area contributed by atoms with Gasteiger partial charge in [-0.05, 0) is 50.8 Å². The second-order valence-electron chi connectivity index (χ2n) is 6.81. The van der Waals surface area contributed by atoms with E-state index in [9.17, 15) is 4.79 Å². The Morgan fingerprint density at radius 3 is 3.04 bits per heavy atom. The molecule has 0 bridgehead atoms. The van der Waals surface area contributed by atoms with Crippen LogP contribution in [0.3, 0.4) is 0 Å². The Bertz CT molecular complexity index is 678. The first-order valence-corrected chi connectivity index (χ1v) is 9.38. The van der Waals surface area contributed by atoms with E-state index in [0.29, 0.717) is 17.9 Å². The number of thiophene rings is 1. The summed E-state index contributed by atoms with van der Waals surface area (Å²) in [6.45, 7) is 3.88. The Morgan fingerprint density at radius 2 is 2.30 bits per heavy atom. The SMILES string of the molecule is Cc1ccc([C@@H]2C[C@@H]2C(=O)N2CCCC[C@@H]2Cn2cccn2)s1. The summed E-state index contributed by atoms with van der Waals surface area (Å²) in [5.41, 5.74) is 0. The van der Waals surface area contributed by atoms with Gasteiger partial charge in [-0.15, -0.1) is 11.3 Å². The highest BCUT2D eigenvalue weighted by molar-refractivity contribution is 7.12. The molecule has 1 aliphatic carbocycles. The van der Waals surface area contributed by atoms with Crippen LogP contribution < -0.4 is 0 Å². The summed E-state index contributed by atoms with van der Waals surface area (Å²) in [6.07, 6.45) is 8.28. The topological polar surface area (TPSA) is 38.1 Å². The molecule has 2 aromatic rings. The van der Waals surface area contributed by atoms with Gasteiger partial charge in [0.15, 0.2) is 0 Å². The van der Waals surface area contributed by atoms with Crippen LogP contribution in [-0.4, -0.2) is 33.2 Å². The monoisotopic (exact) mass is 329 g/mol. The van der Waals surface area contributed by atoms with Gasteiger partial charge >= 0.3 is 0 Å². The first-order valence-electron chi connectivity index (χ1n) is 8.56. The number of hydrogen-bond acceptors (Lipinski definition) is 3. The zero-order valence-corrected chi connectivity index (χ0v) is 14.3. The summed E-state index contributed by atoms with van der Waals surface area (Å²) >= 11 is 1.85. The fourth-order valence-corrected chi connectivity index (χ4v) is 4.81. The van der Waals surface area contributed by atoms with Crippen molar-refractivity contribution in [2.45, 2.75) is 51.1 Å². The van der Waals surface area contributed by atoms with E-state index in [1.165, 1.54) is 16.2 Å². The van der Waals surface area contributed by atoms with E-state index in [-0.39, 0.29) is 5.92 Å². The predicted octanol–water partition coefficient (Wildman–Crippen LogP) is 3.44. The van der Waals surface area contributed by atoms with Crippen molar-refractivity contribution in [2.75, 3.05) is 6.54 Å². The molecule has 3 atom stereocenters. The molecule has 1 amide bonds. The molecule has 1 aliphatic heterocycles. The fourth-order valence-electron chi connectivity index (χ4n) is 3.75. The van der Waals surface area contributed by atoms with Crippen LogP contribution in [0.1, 0.15) is 41.4 Å². The molecule has 1 saturated carbocycles. The lowest BCUT2D eigenvalue weighted by molar-refractivity contribution is -0.136. The van der Waals surface area contributed by atoms with Crippen molar-refractivity contribution in [2.24, 2.45) is 5.92 Å². The molecule has 0 unspecified atom stereocenters. The van der Waals surface area contributed by atoms with Crippen LogP contribution in [0.15, 0.2) is 30.6 Å². The molecular weight excluding hydrogens is 306 g/mol. The molecule has 0 spiro atoms. The van der Waals surface area contributed by atoms with E-state index >= 15 is 0 Å². The number of aromatic nitrogens is 2. The van der Waals surface area contributed by atoms with Crippen molar-refractivity contribution in [3.05, 3.63) is 40.3 Å². The van der Waals surface area contributed by atoms with Crippen LogP contribution in [0, 0.1) is 12.8 Å². The molecule has 2 aliphatic rings. The predicted molar refractivity (Wildman–Crippen MR) is 91.5 cm³/mol. The standard InChI is InChI=1S/C18H23N3OS/c1-13-6-7-17(23-13)15-11-16(15)18(22)21-10-3-2-5-14(21)12-20-9-4-8-19-20/h4,6-9,14-16H,2-3,5,10-12H2,1H3/t14-,15-,16+/m1/s1. The molecule has 4 nitrogen and oxygen atoms in total. The Hall–Kier alpha value is -1.62. The number of nitrogens with zero attached hydrogens (tertiary/aromatic N) is 3. The van der Waals surface area contributed by atoms with Crippen molar-refractivity contribution < 1.29 is 4.79 Å². The number of carbonyl (C=O) groups excluding carboxylic acids is 1. The zero-order chi connectivity index (χ0) is 15.8. The van der Waals surface area contributed by atoms with Gasteiger partial charge in [0.25, 0.3) is 0 Å². The van der Waals surface area contributed by atoms with E-state index in [2.05, 4.69) is 29.1 Å². The summed E-state index contributed by atoms with van der Waals surface area (Å²) in [6, 6.07) is 6.63. The molecule has 0 N–H and O–H groups in total. The Kier molecular flexibility index (Phi) is 3.97. The van der Waals surface area contributed by atoms with Gasteiger partial charge in [0, 0.05) is 40.5 Å². The minimum absolute atomic E-state index is 0.214. The van der Waals surface area contributed by atoms with Crippen LogP contribution in [0.5, 0.6) is 0 Å². The van der Waals surface area contributed by atoms with Gasteiger partial charge in [-0.25, -0.2) is 0 Å². The van der Waals surface area contributed by atoms with Crippen molar-refractivity contribution >= 4 is 17.2 Å². The number of hydrogen-bond donors (Lipinski definition) is 0. The van der Waals surface area contributed by atoms with Crippen molar-refractivity contribution in [1.29, 1.82) is 0 Å². The van der Waals surface area contributed by atoms with E-state index in [1.807, 2.05) is 34.5 Å². The van der Waals surface area contributed by atoms with Gasteiger partial charge in [0.05, 0.1) is 12.6 Å². The molecular formula is C18H23N3OS. The number of piperidine rings is 1. The van der Waals surface area contributed by atoms with Gasteiger partial charge < -0.3 is 4.90 Å². The highest BCUT2D eigenvalue weighted by Gasteiger charge is 2.47. The van der Waals surface area contributed by atoms with Crippen molar-refractivity contribution in [1.82, 2.24) is 14.7 Å². The third-order valence-corrected chi connectivity index (χ3v) is 6.23. The molecule has 2 fully saturated rings. The van der Waals surface area contributed by atoms with E-state index in [4.69, 9.17) is 0 Å². The summed E-state index contributed by atoms with van der Waals surface area (Å²) in [7, 11) is 0. The quantitative estimate of drug-likeness (QED) is 0.862. The molecule has 122 valence electrons. The number of likely N-dealkylation sites (tertiary alicyclic amines) is 1. The van der Waals surface area contributed by atoms with E-state index < -0.39 is 0 Å². The molecule has 0 aromatic carbocycles. The third-order valence-electron chi connectivity index (χ3n) is 5.10. The van der Waals surface area contributed by atoms with Gasteiger partial charge in [-0.3, -0.25) is 9.48 Å². The summed E-state index contributed by atoms with van der Waals surface area (Å²) in [4.78, 5) is 17.9. The van der Waals surface area contributed by atoms with E-state index in [1.54, 1.807) is 0 Å². The zero-order valence-electron chi connectivity index (χ0n) is 13.5. The molecule has 4 rings (SSSR count). The van der Waals surface area contributed by atoms with Crippen LogP contribution in [0.4, 0.5) is 0 Å². The number of rotatable bonds is 4. The van der Waals surface area contributed by atoms with Gasteiger partial charge in [-0.2, -0.15) is 5.10 Å². The highest BCUT2D eigenvalue weighted by Crippen LogP contribution is 2.51. The van der Waals surface area contributed by atoms with Crippen LogP contribution >= 0.6 is 11.3 Å². The lowest BCUT2D eigenvalue weighted by atomic mass is 10.0. The fraction of sp³-hybridized carbons (Fsp3) is 0.556. The molecule has 3 heterocycles. The van der Waals surface area contributed by atoms with Crippen LogP contribution in [-0.2, 0) is 11.3 Å². The largest absolute Gasteiger partial charge is 0.338 e. The summed E-state index contributed by atoms with van der Waals surface area (Å²) in [5.74, 6) is 1.05. The minimum Gasteiger partial charge on any atom is -0.338 e. The van der Waals surface area contributed by atoms with E-state index in [0.717, 1.165) is 32.4 Å². The highest BCUT2D eigenvalue weighted by atomic mass is 32.1. The molecule has 2 aromatic heterocycles. The maximum absolute atomic E-state index is 13.0. The average Bonchev–Trinajstić information content (AvgIpc) is 2.96. The smallest absolute Gasteiger partial charge is 0.226 e. The lowest BCUT2D eigenvalue weighted by Crippen LogP contribution is -2.46. The van der Waals surface area contributed by atoms with Crippen molar-refractivity contribution in [3.63, 3.8) is 0 Å². The number of aryl methyl sites for hydroxylation is 1. The Balaban J connectivity index is 1.44. The summed E-state index contributed by atoms with van der Waals surface area (Å²) < 4.78 is 1.96. The van der Waals surface area contributed by atoms with Crippen molar-refractivity contribution in [3.8, 4) is 0 Å². The first-order chi connectivity index (χ1) is 11.2. The van der Waals surface area contributed by atoms with Crippen LogP contribution in [0.2, 0.25) is 0 Å². The van der Waals surface area contributed by atoms with Gasteiger partial charge in [0.2, 0.25) is 5.91 Å². The average molecular weight is 329 g/mol. The van der Waals surface area contributed by atoms with Crippen LogP contribution in [0.25, 0.3) is 0 Å². The Morgan fingerprint density at radius 1 is 1.39 bits per heavy atom. The Labute approximate surface area is 141 Å². The number of amides is 1. The number of carbonyl (C=O) groups is 1. The van der Waals surface area contributed by atoms with Gasteiger partial charge in [-0.1, -0.05) is 0 Å². The molecule has 23 heavy (non-hydrogen) atoms. The molecule has 0 radical (unpaired) electrons. The maximum Gasteiger partial charge on any atom is 0.226 e. The lowest BCUT2D eigenvalue weighted by Gasteiger charge is -2.36. The second kappa shape index (κ2) is 6.11. The van der Waals surface area contributed by atoms with Gasteiger partial charge in [0.1, 0.15) is 0 Å². The maximum atomic E-state index is 13.0.